The molecule has 1 amide bonds. The standard InChI is InChI=1S/C20H22BrN3O4S/c21-15-5-1-7-17(13-15)28-12-4-10-20(25)23-16-6-2-8-18(14-16)29(26,27)24-19-9-3-11-22-19/h1-2,5-8,13-14H,3-4,9-12H2,(H,22,24)(H,23,25). The molecule has 1 aliphatic rings. The first-order valence-corrected chi connectivity index (χ1v) is 11.5. The van der Waals surface area contributed by atoms with Crippen molar-refractivity contribution in [2.45, 2.75) is 30.6 Å². The van der Waals surface area contributed by atoms with E-state index in [0.717, 1.165) is 16.6 Å². The van der Waals surface area contributed by atoms with Gasteiger partial charge in [-0.05, 0) is 49.2 Å². The van der Waals surface area contributed by atoms with E-state index in [4.69, 9.17) is 4.74 Å². The van der Waals surface area contributed by atoms with Gasteiger partial charge in [0.25, 0.3) is 10.0 Å². The highest BCUT2D eigenvalue weighted by molar-refractivity contribution is 9.10. The Balaban J connectivity index is 1.49. The second-order valence-corrected chi connectivity index (χ2v) is 9.12. The number of carbonyl (C=O) groups is 1. The van der Waals surface area contributed by atoms with Gasteiger partial charge in [0.15, 0.2) is 0 Å². The molecule has 7 nitrogen and oxygen atoms in total. The third kappa shape index (κ3) is 6.57. The van der Waals surface area contributed by atoms with Gasteiger partial charge in [0.2, 0.25) is 5.91 Å². The second-order valence-electron chi connectivity index (χ2n) is 6.52. The van der Waals surface area contributed by atoms with E-state index in [1.165, 1.54) is 12.1 Å². The summed E-state index contributed by atoms with van der Waals surface area (Å²) in [7, 11) is -3.71. The number of anilines is 1. The largest absolute Gasteiger partial charge is 0.494 e. The Kier molecular flexibility index (Phi) is 7.27. The smallest absolute Gasteiger partial charge is 0.262 e. The summed E-state index contributed by atoms with van der Waals surface area (Å²) >= 11 is 3.38. The molecule has 0 fully saturated rings. The number of hydrogen-bond acceptors (Lipinski definition) is 5. The predicted octanol–water partition coefficient (Wildman–Crippen LogP) is 3.72. The van der Waals surface area contributed by atoms with Crippen LogP contribution in [0.25, 0.3) is 0 Å². The van der Waals surface area contributed by atoms with Gasteiger partial charge in [-0.2, -0.15) is 0 Å². The van der Waals surface area contributed by atoms with Crippen molar-refractivity contribution in [3.63, 3.8) is 0 Å². The topological polar surface area (TPSA) is 96.9 Å². The average Bonchev–Trinajstić information content (AvgIpc) is 3.18. The molecule has 1 heterocycles. The fraction of sp³-hybridized carbons (Fsp3) is 0.300. The van der Waals surface area contributed by atoms with E-state index in [9.17, 15) is 13.2 Å². The number of sulfonamides is 1. The third-order valence-corrected chi connectivity index (χ3v) is 6.04. The molecule has 0 unspecified atom stereocenters. The van der Waals surface area contributed by atoms with Crippen LogP contribution in [0.1, 0.15) is 25.7 Å². The number of amidine groups is 1. The molecule has 3 rings (SSSR count). The minimum atomic E-state index is -3.71. The van der Waals surface area contributed by atoms with E-state index in [2.05, 4.69) is 31.0 Å². The van der Waals surface area contributed by atoms with E-state index >= 15 is 0 Å². The van der Waals surface area contributed by atoms with Crippen molar-refractivity contribution in [1.82, 2.24) is 4.72 Å². The van der Waals surface area contributed by atoms with Crippen molar-refractivity contribution in [2.75, 3.05) is 18.5 Å². The number of rotatable bonds is 8. The Morgan fingerprint density at radius 3 is 2.76 bits per heavy atom. The number of nitrogens with one attached hydrogen (secondary N) is 2. The second kappa shape index (κ2) is 9.89. The molecule has 0 radical (unpaired) electrons. The summed E-state index contributed by atoms with van der Waals surface area (Å²) < 4.78 is 34.0. The Morgan fingerprint density at radius 2 is 2.00 bits per heavy atom. The molecular formula is C20H22BrN3O4S. The maximum atomic E-state index is 12.5. The van der Waals surface area contributed by atoms with Gasteiger partial charge in [0.05, 0.1) is 11.5 Å². The van der Waals surface area contributed by atoms with Gasteiger partial charge in [-0.15, -0.1) is 0 Å². The highest BCUT2D eigenvalue weighted by Crippen LogP contribution is 2.19. The predicted molar refractivity (Wildman–Crippen MR) is 116 cm³/mol. The van der Waals surface area contributed by atoms with Crippen LogP contribution in [0, 0.1) is 0 Å². The summed E-state index contributed by atoms with van der Waals surface area (Å²) in [4.78, 5) is 16.4. The number of halogens is 1. The molecule has 0 atom stereocenters. The average molecular weight is 480 g/mol. The molecule has 2 aromatic carbocycles. The minimum absolute atomic E-state index is 0.0860. The highest BCUT2D eigenvalue weighted by Gasteiger charge is 2.18. The van der Waals surface area contributed by atoms with Gasteiger partial charge >= 0.3 is 0 Å². The summed E-state index contributed by atoms with van der Waals surface area (Å²) in [5.41, 5.74) is 0.430. The molecule has 0 bridgehead atoms. The summed E-state index contributed by atoms with van der Waals surface area (Å²) in [6, 6.07) is 13.7. The van der Waals surface area contributed by atoms with Gasteiger partial charge in [-0.1, -0.05) is 28.1 Å². The van der Waals surface area contributed by atoms with Crippen LogP contribution in [0.4, 0.5) is 5.69 Å². The number of hydrogen-bond donors (Lipinski definition) is 2. The number of benzene rings is 2. The zero-order valence-electron chi connectivity index (χ0n) is 15.7. The quantitative estimate of drug-likeness (QED) is 0.563. The number of ether oxygens (including phenoxy) is 1. The molecule has 29 heavy (non-hydrogen) atoms. The number of nitrogens with zero attached hydrogens (tertiary/aromatic N) is 1. The lowest BCUT2D eigenvalue weighted by molar-refractivity contribution is -0.116. The molecule has 0 saturated heterocycles. The van der Waals surface area contributed by atoms with Gasteiger partial charge < -0.3 is 10.1 Å². The van der Waals surface area contributed by atoms with Gasteiger partial charge in [-0.3, -0.25) is 14.5 Å². The van der Waals surface area contributed by atoms with Crippen LogP contribution >= 0.6 is 15.9 Å². The maximum absolute atomic E-state index is 12.5. The molecule has 0 saturated carbocycles. The third-order valence-electron chi connectivity index (χ3n) is 4.17. The lowest BCUT2D eigenvalue weighted by Gasteiger charge is -2.10. The summed E-state index contributed by atoms with van der Waals surface area (Å²) in [6.07, 6.45) is 2.27. The fourth-order valence-electron chi connectivity index (χ4n) is 2.78. The van der Waals surface area contributed by atoms with E-state index in [1.807, 2.05) is 24.3 Å². The first-order valence-electron chi connectivity index (χ1n) is 9.27. The normalized spacial score (nSPS) is 13.6. The molecule has 0 aromatic heterocycles. The van der Waals surface area contributed by atoms with E-state index in [-0.39, 0.29) is 17.2 Å². The van der Waals surface area contributed by atoms with Crippen molar-refractivity contribution in [3.8, 4) is 5.75 Å². The van der Waals surface area contributed by atoms with E-state index < -0.39 is 10.0 Å². The van der Waals surface area contributed by atoms with Crippen LogP contribution in [0.3, 0.4) is 0 Å². The van der Waals surface area contributed by atoms with Crippen LogP contribution in [-0.2, 0) is 14.8 Å². The molecule has 1 aliphatic heterocycles. The first kappa shape index (κ1) is 21.3. The van der Waals surface area contributed by atoms with Gasteiger partial charge in [-0.25, -0.2) is 8.42 Å². The molecule has 0 aliphatic carbocycles. The van der Waals surface area contributed by atoms with Crippen molar-refractivity contribution in [1.29, 1.82) is 0 Å². The van der Waals surface area contributed by atoms with Gasteiger partial charge in [0.1, 0.15) is 11.6 Å². The van der Waals surface area contributed by atoms with E-state index in [1.54, 1.807) is 12.1 Å². The minimum Gasteiger partial charge on any atom is -0.494 e. The fourth-order valence-corrected chi connectivity index (χ4v) is 4.29. The number of amides is 1. The number of aliphatic imine (C=N–C) groups is 1. The van der Waals surface area contributed by atoms with Crippen LogP contribution < -0.4 is 14.8 Å². The van der Waals surface area contributed by atoms with Crippen molar-refractivity contribution in [2.24, 2.45) is 4.99 Å². The lowest BCUT2D eigenvalue weighted by Crippen LogP contribution is -2.29. The highest BCUT2D eigenvalue weighted by atomic mass is 79.9. The van der Waals surface area contributed by atoms with Crippen LogP contribution in [0.15, 0.2) is 62.9 Å². The summed E-state index contributed by atoms with van der Waals surface area (Å²) in [5.74, 6) is 1.01. The zero-order valence-corrected chi connectivity index (χ0v) is 18.1. The zero-order chi connectivity index (χ0) is 20.7. The Labute approximate surface area is 178 Å². The first-order chi connectivity index (χ1) is 13.9. The summed E-state index contributed by atoms with van der Waals surface area (Å²) in [6.45, 7) is 1.05. The summed E-state index contributed by atoms with van der Waals surface area (Å²) in [5, 5.41) is 2.73. The SMILES string of the molecule is O=C(CCCOc1cccc(Br)c1)Nc1cccc(S(=O)(=O)NC2=NCCC2)c1. The van der Waals surface area contributed by atoms with Crippen molar-refractivity contribution in [3.05, 3.63) is 53.0 Å². The van der Waals surface area contributed by atoms with Crippen LogP contribution in [0.2, 0.25) is 0 Å². The number of carbonyl (C=O) groups excluding carboxylic acids is 1. The Morgan fingerprint density at radius 1 is 1.17 bits per heavy atom. The lowest BCUT2D eigenvalue weighted by atomic mass is 10.2. The Hall–Kier alpha value is -2.39. The Bertz CT molecular complexity index is 1010. The monoisotopic (exact) mass is 479 g/mol. The van der Waals surface area contributed by atoms with E-state index in [0.29, 0.717) is 37.5 Å². The van der Waals surface area contributed by atoms with Gasteiger partial charge in [0, 0.05) is 29.5 Å². The molecule has 0 spiro atoms. The van der Waals surface area contributed by atoms with Crippen LogP contribution in [-0.4, -0.2) is 33.3 Å². The molecular weight excluding hydrogens is 458 g/mol. The molecule has 9 heteroatoms. The molecule has 2 aromatic rings. The molecule has 2 N–H and O–H groups in total. The maximum Gasteiger partial charge on any atom is 0.262 e. The van der Waals surface area contributed by atoms with Crippen molar-refractivity contribution < 1.29 is 17.9 Å². The molecule has 154 valence electrons. The van der Waals surface area contributed by atoms with Crippen LogP contribution in [0.5, 0.6) is 5.75 Å². The van der Waals surface area contributed by atoms with Crippen molar-refractivity contribution >= 4 is 43.4 Å².